The fourth-order valence-corrected chi connectivity index (χ4v) is 1.31. The first kappa shape index (κ1) is 21.6. The number of nitrogens with one attached hydrogen (secondary N) is 1. The van der Waals surface area contributed by atoms with Crippen LogP contribution >= 0.6 is 0 Å². The zero-order valence-electron chi connectivity index (χ0n) is 13.2. The van der Waals surface area contributed by atoms with Crippen LogP contribution in [0.3, 0.4) is 0 Å². The summed E-state index contributed by atoms with van der Waals surface area (Å²) in [5.74, 6) is 0. The third-order valence-electron chi connectivity index (χ3n) is 2.20. The Labute approximate surface area is 122 Å². The molecule has 21 heavy (non-hydrogen) atoms. The maximum Gasteiger partial charge on any atom is 0.336 e. The lowest BCUT2D eigenvalue weighted by molar-refractivity contribution is 0.175. The van der Waals surface area contributed by atoms with Gasteiger partial charge in [-0.05, 0) is 0 Å². The largest absolute Gasteiger partial charge is 0.400 e. The molecule has 0 saturated heterocycles. The summed E-state index contributed by atoms with van der Waals surface area (Å²) in [5.41, 5.74) is -2.12. The molecule has 0 aliphatic heterocycles. The quantitative estimate of drug-likeness (QED) is 0.669. The van der Waals surface area contributed by atoms with Crippen molar-refractivity contribution in [2.75, 3.05) is 34.5 Å². The minimum Gasteiger partial charge on any atom is -0.400 e. The number of H-pyrrole nitrogens is 1. The second kappa shape index (κ2) is 13.3. The lowest BCUT2D eigenvalue weighted by atomic mass is 10.6. The molecule has 0 aromatic carbocycles. The summed E-state index contributed by atoms with van der Waals surface area (Å²) in [6, 6.07) is 0. The molecule has 0 radical (unpaired) electrons. The number of aromatic amines is 1. The van der Waals surface area contributed by atoms with Crippen LogP contribution in [-0.2, 0) is 22.6 Å². The Bertz CT molecular complexity index is 488. The van der Waals surface area contributed by atoms with Crippen LogP contribution in [0.5, 0.6) is 0 Å². The molecule has 0 unspecified atom stereocenters. The summed E-state index contributed by atoms with van der Waals surface area (Å²) >= 11 is 0. The molecule has 2 N–H and O–H groups in total. The lowest BCUT2D eigenvalue weighted by Gasteiger charge is -2.07. The van der Waals surface area contributed by atoms with Crippen LogP contribution in [0.4, 0.5) is 0 Å². The monoisotopic (exact) mass is 307 g/mol. The Morgan fingerprint density at radius 2 is 1.24 bits per heavy atom. The van der Waals surface area contributed by atoms with Crippen molar-refractivity contribution in [1.29, 1.82) is 0 Å². The average molecular weight is 307 g/mol. The maximum atomic E-state index is 11.8. The standard InChI is InChI=1S/C9H15N3O5.C2H6.CH4O/c1-16-5-3-11-7(13)10-8(14)12(9(11)15)4-6-17-2;2*1-2/h3-6H2,1-2H3,(H,10,13,14);1-2H3;2H,1H3. The van der Waals surface area contributed by atoms with E-state index in [2.05, 4.69) is 4.98 Å². The predicted octanol–water partition coefficient (Wildman–Crippen LogP) is -1.37. The normalized spacial score (nSPS) is 9.24. The molecule has 0 fully saturated rings. The highest BCUT2D eigenvalue weighted by Crippen LogP contribution is 1.76. The fraction of sp³-hybridized carbons (Fsp3) is 0.750. The van der Waals surface area contributed by atoms with Crippen molar-refractivity contribution in [3.63, 3.8) is 0 Å². The third kappa shape index (κ3) is 7.02. The first-order chi connectivity index (χ1) is 10.1. The van der Waals surface area contributed by atoms with Crippen LogP contribution in [0.15, 0.2) is 14.4 Å². The van der Waals surface area contributed by atoms with Gasteiger partial charge in [-0.3, -0.25) is 4.98 Å². The Morgan fingerprint density at radius 3 is 1.52 bits per heavy atom. The molecular weight excluding hydrogens is 282 g/mol. The highest BCUT2D eigenvalue weighted by molar-refractivity contribution is 4.74. The second-order valence-corrected chi connectivity index (χ2v) is 3.31. The Hall–Kier alpha value is -1.71. The van der Waals surface area contributed by atoms with Gasteiger partial charge in [0.15, 0.2) is 0 Å². The highest BCUT2D eigenvalue weighted by atomic mass is 16.5. The molecule has 1 aromatic rings. The minimum absolute atomic E-state index is 0.0952. The summed E-state index contributed by atoms with van der Waals surface area (Å²) in [5, 5.41) is 7.00. The molecule has 0 aliphatic rings. The number of hydrogen-bond acceptors (Lipinski definition) is 6. The highest BCUT2D eigenvalue weighted by Gasteiger charge is 2.08. The van der Waals surface area contributed by atoms with Crippen molar-refractivity contribution in [2.45, 2.75) is 26.9 Å². The zero-order chi connectivity index (χ0) is 16.8. The van der Waals surface area contributed by atoms with E-state index in [1.807, 2.05) is 13.8 Å². The number of aliphatic hydroxyl groups excluding tert-OH is 1. The number of nitrogens with zero attached hydrogens (tertiary/aromatic N) is 2. The van der Waals surface area contributed by atoms with E-state index in [-0.39, 0.29) is 26.3 Å². The van der Waals surface area contributed by atoms with Gasteiger partial charge in [-0.1, -0.05) is 13.8 Å². The molecule has 0 aliphatic carbocycles. The smallest absolute Gasteiger partial charge is 0.336 e. The molecule has 124 valence electrons. The van der Waals surface area contributed by atoms with E-state index in [0.717, 1.165) is 16.2 Å². The van der Waals surface area contributed by atoms with Crippen LogP contribution in [0.25, 0.3) is 0 Å². The van der Waals surface area contributed by atoms with E-state index in [1.165, 1.54) is 14.2 Å². The van der Waals surface area contributed by atoms with Crippen LogP contribution in [0.1, 0.15) is 13.8 Å². The number of hydrogen-bond donors (Lipinski definition) is 2. The van der Waals surface area contributed by atoms with Gasteiger partial charge in [0.1, 0.15) is 0 Å². The summed E-state index contributed by atoms with van der Waals surface area (Å²) in [7, 11) is 3.92. The van der Waals surface area contributed by atoms with Gasteiger partial charge in [-0.25, -0.2) is 23.5 Å². The number of aliphatic hydroxyl groups is 1. The molecule has 9 heteroatoms. The summed E-state index contributed by atoms with van der Waals surface area (Å²) in [4.78, 5) is 36.7. The van der Waals surface area contributed by atoms with Gasteiger partial charge < -0.3 is 14.6 Å². The van der Waals surface area contributed by atoms with E-state index in [4.69, 9.17) is 14.6 Å². The molecule has 9 nitrogen and oxygen atoms in total. The lowest BCUT2D eigenvalue weighted by Crippen LogP contribution is -2.50. The molecule has 1 heterocycles. The maximum absolute atomic E-state index is 11.8. The predicted molar refractivity (Wildman–Crippen MR) is 78.8 cm³/mol. The molecule has 0 atom stereocenters. The number of aromatic nitrogens is 3. The van der Waals surface area contributed by atoms with Crippen molar-refractivity contribution >= 4 is 0 Å². The van der Waals surface area contributed by atoms with Crippen molar-refractivity contribution < 1.29 is 14.6 Å². The molecular formula is C12H25N3O6. The topological polar surface area (TPSA) is 116 Å². The fourth-order valence-electron chi connectivity index (χ4n) is 1.31. The number of rotatable bonds is 6. The number of ether oxygens (including phenoxy) is 2. The summed E-state index contributed by atoms with van der Waals surface area (Å²) < 4.78 is 11.4. The molecule has 0 spiro atoms. The van der Waals surface area contributed by atoms with Crippen LogP contribution in [0, 0.1) is 0 Å². The first-order valence-electron chi connectivity index (χ1n) is 6.48. The van der Waals surface area contributed by atoms with Gasteiger partial charge in [0.25, 0.3) is 0 Å². The van der Waals surface area contributed by atoms with Gasteiger partial charge in [-0.15, -0.1) is 0 Å². The summed E-state index contributed by atoms with van der Waals surface area (Å²) in [6.07, 6.45) is 0. The molecule has 1 aromatic heterocycles. The van der Waals surface area contributed by atoms with Gasteiger partial charge >= 0.3 is 17.1 Å². The van der Waals surface area contributed by atoms with E-state index in [1.54, 1.807) is 0 Å². The zero-order valence-corrected chi connectivity index (χ0v) is 13.2. The van der Waals surface area contributed by atoms with Crippen LogP contribution in [-0.4, -0.2) is 53.8 Å². The van der Waals surface area contributed by atoms with Gasteiger partial charge in [0, 0.05) is 21.3 Å². The van der Waals surface area contributed by atoms with Crippen LogP contribution < -0.4 is 17.1 Å². The van der Waals surface area contributed by atoms with E-state index in [0.29, 0.717) is 0 Å². The Kier molecular flexibility index (Phi) is 13.7. The van der Waals surface area contributed by atoms with Gasteiger partial charge in [0.05, 0.1) is 26.3 Å². The van der Waals surface area contributed by atoms with Crippen molar-refractivity contribution in [3.05, 3.63) is 31.5 Å². The van der Waals surface area contributed by atoms with Gasteiger partial charge in [-0.2, -0.15) is 0 Å². The molecule has 0 saturated carbocycles. The molecule has 0 amide bonds. The summed E-state index contributed by atoms with van der Waals surface area (Å²) in [6.45, 7) is 4.62. The van der Waals surface area contributed by atoms with E-state index in [9.17, 15) is 14.4 Å². The Morgan fingerprint density at radius 1 is 0.905 bits per heavy atom. The molecule has 0 bridgehead atoms. The molecule has 1 rings (SSSR count). The third-order valence-corrected chi connectivity index (χ3v) is 2.20. The second-order valence-electron chi connectivity index (χ2n) is 3.31. The van der Waals surface area contributed by atoms with Crippen LogP contribution in [0.2, 0.25) is 0 Å². The van der Waals surface area contributed by atoms with Crippen molar-refractivity contribution in [1.82, 2.24) is 14.1 Å². The van der Waals surface area contributed by atoms with Crippen molar-refractivity contribution in [2.24, 2.45) is 0 Å². The van der Waals surface area contributed by atoms with Gasteiger partial charge in [0.2, 0.25) is 0 Å². The SMILES string of the molecule is CC.CO.COCCn1c(=O)[nH]c(=O)n(CCOC)c1=O. The van der Waals surface area contributed by atoms with Crippen molar-refractivity contribution in [3.8, 4) is 0 Å². The first-order valence-corrected chi connectivity index (χ1v) is 6.48. The van der Waals surface area contributed by atoms with E-state index < -0.39 is 17.1 Å². The average Bonchev–Trinajstić information content (AvgIpc) is 2.51. The Balaban J connectivity index is 0. The van der Waals surface area contributed by atoms with E-state index >= 15 is 0 Å². The number of methoxy groups -OCH3 is 2. The minimum atomic E-state index is -0.731.